The van der Waals surface area contributed by atoms with E-state index in [2.05, 4.69) is 15.3 Å². The number of carbonyl (C=O) groups excluding carboxylic acids is 1. The molecule has 158 valence electrons. The molecule has 0 N–H and O–H groups in total. The standard InChI is InChI=1S/C19H18F3N5O3/c1-12-14(4-2-5-15(12)19(20,21)22)18(28)26-8-9-29-13(10-26)11-30-27-17-16(24-25-27)6-3-7-23-17/h2-7,13H,8-11H2,1H3. The van der Waals surface area contributed by atoms with E-state index in [-0.39, 0.29) is 37.4 Å². The van der Waals surface area contributed by atoms with Crippen molar-refractivity contribution in [2.45, 2.75) is 19.2 Å². The van der Waals surface area contributed by atoms with Crippen molar-refractivity contribution in [3.05, 3.63) is 53.2 Å². The Hall–Kier alpha value is -3.21. The number of rotatable bonds is 4. The van der Waals surface area contributed by atoms with Crippen molar-refractivity contribution >= 4 is 17.1 Å². The van der Waals surface area contributed by atoms with Gasteiger partial charge in [-0.1, -0.05) is 10.9 Å². The molecule has 0 bridgehead atoms. The van der Waals surface area contributed by atoms with Crippen LogP contribution in [-0.4, -0.2) is 63.4 Å². The van der Waals surface area contributed by atoms with Crippen molar-refractivity contribution < 1.29 is 27.5 Å². The number of benzene rings is 1. The van der Waals surface area contributed by atoms with Gasteiger partial charge < -0.3 is 14.5 Å². The first-order valence-corrected chi connectivity index (χ1v) is 9.22. The van der Waals surface area contributed by atoms with Gasteiger partial charge in [-0.3, -0.25) is 4.79 Å². The monoisotopic (exact) mass is 421 g/mol. The fraction of sp³-hybridized carbons (Fsp3) is 0.368. The van der Waals surface area contributed by atoms with Crippen LogP contribution in [0.2, 0.25) is 0 Å². The Kier molecular flexibility index (Phi) is 5.29. The van der Waals surface area contributed by atoms with Crippen LogP contribution in [0.4, 0.5) is 13.2 Å². The van der Waals surface area contributed by atoms with Crippen molar-refractivity contribution in [3.8, 4) is 0 Å². The molecule has 1 fully saturated rings. The van der Waals surface area contributed by atoms with Gasteiger partial charge in [-0.25, -0.2) is 4.98 Å². The highest BCUT2D eigenvalue weighted by Crippen LogP contribution is 2.33. The summed E-state index contributed by atoms with van der Waals surface area (Å²) < 4.78 is 45.1. The molecule has 0 aliphatic carbocycles. The van der Waals surface area contributed by atoms with E-state index < -0.39 is 23.8 Å². The number of carbonyl (C=O) groups is 1. The molecule has 3 heterocycles. The highest BCUT2D eigenvalue weighted by Gasteiger charge is 2.35. The lowest BCUT2D eigenvalue weighted by molar-refractivity contribution is -0.138. The van der Waals surface area contributed by atoms with E-state index in [1.165, 1.54) is 28.8 Å². The summed E-state index contributed by atoms with van der Waals surface area (Å²) in [5.74, 6) is -0.472. The molecule has 30 heavy (non-hydrogen) atoms. The maximum absolute atomic E-state index is 13.2. The van der Waals surface area contributed by atoms with E-state index in [1.807, 2.05) is 0 Å². The van der Waals surface area contributed by atoms with Crippen LogP contribution in [0.5, 0.6) is 0 Å². The Morgan fingerprint density at radius 2 is 2.13 bits per heavy atom. The van der Waals surface area contributed by atoms with Gasteiger partial charge in [0.25, 0.3) is 5.91 Å². The van der Waals surface area contributed by atoms with Crippen LogP contribution in [0.1, 0.15) is 21.5 Å². The first-order valence-electron chi connectivity index (χ1n) is 9.22. The fourth-order valence-corrected chi connectivity index (χ4v) is 3.34. The molecule has 3 aromatic rings. The van der Waals surface area contributed by atoms with Gasteiger partial charge in [0.2, 0.25) is 5.65 Å². The molecule has 1 aliphatic rings. The predicted octanol–water partition coefficient (Wildman–Crippen LogP) is 2.12. The van der Waals surface area contributed by atoms with E-state index in [0.29, 0.717) is 11.2 Å². The Morgan fingerprint density at radius 1 is 1.30 bits per heavy atom. The number of ether oxygens (including phenoxy) is 1. The second-order valence-corrected chi connectivity index (χ2v) is 6.82. The van der Waals surface area contributed by atoms with Crippen LogP contribution in [-0.2, 0) is 10.9 Å². The van der Waals surface area contributed by atoms with Crippen LogP contribution in [0.15, 0.2) is 36.5 Å². The molecule has 2 aromatic heterocycles. The predicted molar refractivity (Wildman–Crippen MR) is 98.6 cm³/mol. The minimum absolute atomic E-state index is 0.0258. The highest BCUT2D eigenvalue weighted by atomic mass is 19.4. The van der Waals surface area contributed by atoms with Crippen molar-refractivity contribution in [2.75, 3.05) is 26.3 Å². The number of fused-ring (bicyclic) bond motifs is 1. The molecule has 1 amide bonds. The summed E-state index contributed by atoms with van der Waals surface area (Å²) in [6.07, 6.45) is -3.41. The summed E-state index contributed by atoms with van der Waals surface area (Å²) in [5.41, 5.74) is 0.138. The molecular weight excluding hydrogens is 403 g/mol. The van der Waals surface area contributed by atoms with Gasteiger partial charge in [-0.05, 0) is 42.0 Å². The third kappa shape index (κ3) is 3.92. The third-order valence-corrected chi connectivity index (χ3v) is 4.86. The Morgan fingerprint density at radius 3 is 2.93 bits per heavy atom. The average molecular weight is 421 g/mol. The Bertz CT molecular complexity index is 1070. The maximum atomic E-state index is 13.2. The number of morpholine rings is 1. The molecule has 0 saturated carbocycles. The summed E-state index contributed by atoms with van der Waals surface area (Å²) in [5, 5.41) is 7.80. The number of hydrogen-bond donors (Lipinski definition) is 0. The molecule has 11 heteroatoms. The molecule has 1 aromatic carbocycles. The zero-order valence-electron chi connectivity index (χ0n) is 16.0. The molecule has 1 atom stereocenters. The van der Waals surface area contributed by atoms with Crippen LogP contribution in [0.3, 0.4) is 0 Å². The summed E-state index contributed by atoms with van der Waals surface area (Å²) >= 11 is 0. The van der Waals surface area contributed by atoms with Crippen LogP contribution >= 0.6 is 0 Å². The second-order valence-electron chi connectivity index (χ2n) is 6.82. The topological polar surface area (TPSA) is 82.4 Å². The minimum atomic E-state index is -4.52. The summed E-state index contributed by atoms with van der Waals surface area (Å²) in [4.78, 5) is 25.3. The zero-order chi connectivity index (χ0) is 21.3. The number of hydrogen-bond acceptors (Lipinski definition) is 6. The van der Waals surface area contributed by atoms with E-state index in [0.717, 1.165) is 6.07 Å². The SMILES string of the molecule is Cc1c(C(=O)N2CCOC(COn3nnc4cccnc43)C2)cccc1C(F)(F)F. The minimum Gasteiger partial charge on any atom is -0.391 e. The molecule has 0 radical (unpaired) electrons. The Balaban J connectivity index is 1.44. The summed E-state index contributed by atoms with van der Waals surface area (Å²) in [6.45, 7) is 2.07. The van der Waals surface area contributed by atoms with E-state index in [1.54, 1.807) is 18.3 Å². The molecule has 4 rings (SSSR count). The Labute approximate surface area is 169 Å². The summed E-state index contributed by atoms with van der Waals surface area (Å²) in [7, 11) is 0. The molecular formula is C19H18F3N5O3. The largest absolute Gasteiger partial charge is 0.416 e. The van der Waals surface area contributed by atoms with Gasteiger partial charge >= 0.3 is 6.18 Å². The maximum Gasteiger partial charge on any atom is 0.416 e. The quantitative estimate of drug-likeness (QED) is 0.642. The number of pyridine rings is 1. The van der Waals surface area contributed by atoms with Gasteiger partial charge in [-0.15, -0.1) is 5.10 Å². The van der Waals surface area contributed by atoms with Crippen LogP contribution in [0, 0.1) is 6.92 Å². The van der Waals surface area contributed by atoms with Crippen LogP contribution in [0.25, 0.3) is 11.2 Å². The number of amides is 1. The molecule has 1 saturated heterocycles. The lowest BCUT2D eigenvalue weighted by atomic mass is 10.0. The number of nitrogens with zero attached hydrogens (tertiary/aromatic N) is 5. The van der Waals surface area contributed by atoms with E-state index in [4.69, 9.17) is 9.57 Å². The smallest absolute Gasteiger partial charge is 0.391 e. The van der Waals surface area contributed by atoms with Gasteiger partial charge in [0.15, 0.2) is 0 Å². The normalized spacial score (nSPS) is 17.3. The molecule has 1 unspecified atom stereocenters. The number of aromatic nitrogens is 4. The van der Waals surface area contributed by atoms with Crippen molar-refractivity contribution in [1.82, 2.24) is 25.0 Å². The van der Waals surface area contributed by atoms with Crippen molar-refractivity contribution in [1.29, 1.82) is 0 Å². The van der Waals surface area contributed by atoms with Crippen molar-refractivity contribution in [2.24, 2.45) is 0 Å². The third-order valence-electron chi connectivity index (χ3n) is 4.86. The highest BCUT2D eigenvalue weighted by molar-refractivity contribution is 5.96. The first kappa shape index (κ1) is 20.1. The van der Waals surface area contributed by atoms with Crippen molar-refractivity contribution in [3.63, 3.8) is 0 Å². The van der Waals surface area contributed by atoms with E-state index >= 15 is 0 Å². The first-order chi connectivity index (χ1) is 14.3. The second kappa shape index (κ2) is 7.90. The molecule has 8 nitrogen and oxygen atoms in total. The lowest BCUT2D eigenvalue weighted by Crippen LogP contribution is -2.48. The number of alkyl halides is 3. The number of halogens is 3. The van der Waals surface area contributed by atoms with Gasteiger partial charge in [0, 0.05) is 18.3 Å². The summed E-state index contributed by atoms with van der Waals surface area (Å²) in [6, 6.07) is 7.08. The molecule has 0 spiro atoms. The zero-order valence-corrected chi connectivity index (χ0v) is 16.0. The average Bonchev–Trinajstić information content (AvgIpc) is 3.14. The lowest BCUT2D eigenvalue weighted by Gasteiger charge is -2.33. The molecule has 1 aliphatic heterocycles. The van der Waals surface area contributed by atoms with Gasteiger partial charge in [0.1, 0.15) is 18.2 Å². The van der Waals surface area contributed by atoms with Gasteiger partial charge in [0.05, 0.1) is 18.7 Å². The van der Waals surface area contributed by atoms with Crippen LogP contribution < -0.4 is 4.84 Å². The van der Waals surface area contributed by atoms with Gasteiger partial charge in [-0.2, -0.15) is 13.2 Å². The fourth-order valence-electron chi connectivity index (χ4n) is 3.34. The van der Waals surface area contributed by atoms with E-state index in [9.17, 15) is 18.0 Å².